The van der Waals surface area contributed by atoms with E-state index in [-0.39, 0.29) is 11.6 Å². The predicted molar refractivity (Wildman–Crippen MR) is 72.8 cm³/mol. The van der Waals surface area contributed by atoms with Crippen LogP contribution in [0.2, 0.25) is 5.02 Å². The first-order chi connectivity index (χ1) is 9.10. The lowest BCUT2D eigenvalue weighted by Crippen LogP contribution is -2.12. The average molecular weight is 273 g/mol. The first-order valence-electron chi connectivity index (χ1n) is 5.32. The number of aromatic nitrogens is 1. The zero-order valence-corrected chi connectivity index (χ0v) is 10.5. The SMILES string of the molecule is N#Cc1ccc(C(=O)Nc2ccc(N)cc2Cl)cn1. The summed E-state index contributed by atoms with van der Waals surface area (Å²) in [5.74, 6) is -0.358. The van der Waals surface area contributed by atoms with Gasteiger partial charge in [-0.3, -0.25) is 4.79 Å². The second-order valence-electron chi connectivity index (χ2n) is 3.74. The molecular formula is C13H9ClN4O. The number of nitrogens with two attached hydrogens (primary N) is 1. The highest BCUT2D eigenvalue weighted by atomic mass is 35.5. The van der Waals surface area contributed by atoms with Crippen LogP contribution >= 0.6 is 11.6 Å². The second-order valence-corrected chi connectivity index (χ2v) is 4.14. The molecule has 0 unspecified atom stereocenters. The number of hydrogen-bond donors (Lipinski definition) is 2. The Hall–Kier alpha value is -2.58. The normalized spacial score (nSPS) is 9.68. The number of pyridine rings is 1. The molecule has 1 aromatic carbocycles. The molecule has 1 amide bonds. The van der Waals surface area contributed by atoms with Gasteiger partial charge in [-0.15, -0.1) is 0 Å². The summed E-state index contributed by atoms with van der Waals surface area (Å²) in [5.41, 5.74) is 7.14. The van der Waals surface area contributed by atoms with Crippen LogP contribution in [-0.2, 0) is 0 Å². The minimum atomic E-state index is -0.358. The van der Waals surface area contributed by atoms with Crippen LogP contribution < -0.4 is 11.1 Å². The van der Waals surface area contributed by atoms with Crippen molar-refractivity contribution >= 4 is 28.9 Å². The van der Waals surface area contributed by atoms with Gasteiger partial charge in [0.05, 0.1) is 16.3 Å². The molecule has 0 radical (unpaired) electrons. The number of anilines is 2. The van der Waals surface area contributed by atoms with Gasteiger partial charge in [-0.2, -0.15) is 5.26 Å². The Balaban J connectivity index is 2.18. The highest BCUT2D eigenvalue weighted by molar-refractivity contribution is 6.34. The van der Waals surface area contributed by atoms with Crippen molar-refractivity contribution in [2.75, 3.05) is 11.1 Å². The lowest BCUT2D eigenvalue weighted by molar-refractivity contribution is 0.102. The van der Waals surface area contributed by atoms with E-state index in [1.165, 1.54) is 18.3 Å². The minimum absolute atomic E-state index is 0.252. The molecule has 5 nitrogen and oxygen atoms in total. The Labute approximate surface area is 114 Å². The molecule has 0 aliphatic rings. The number of carbonyl (C=O) groups is 1. The Bertz CT molecular complexity index is 661. The van der Waals surface area contributed by atoms with Gasteiger partial charge < -0.3 is 11.1 Å². The number of nitriles is 1. The third-order valence-corrected chi connectivity index (χ3v) is 2.69. The smallest absolute Gasteiger partial charge is 0.257 e. The van der Waals surface area contributed by atoms with Gasteiger partial charge in [-0.1, -0.05) is 11.6 Å². The van der Waals surface area contributed by atoms with E-state index < -0.39 is 0 Å². The van der Waals surface area contributed by atoms with E-state index >= 15 is 0 Å². The van der Waals surface area contributed by atoms with Gasteiger partial charge in [0.1, 0.15) is 11.8 Å². The number of nitrogens with zero attached hydrogens (tertiary/aromatic N) is 2. The van der Waals surface area contributed by atoms with Gasteiger partial charge in [0, 0.05) is 11.9 Å². The summed E-state index contributed by atoms with van der Waals surface area (Å²) in [6.45, 7) is 0. The maximum atomic E-state index is 11.9. The number of benzene rings is 1. The molecule has 0 aliphatic carbocycles. The number of halogens is 1. The molecule has 6 heteroatoms. The molecule has 0 aliphatic heterocycles. The van der Waals surface area contributed by atoms with E-state index in [0.717, 1.165) is 0 Å². The molecule has 2 rings (SSSR count). The van der Waals surface area contributed by atoms with Crippen LogP contribution in [0.5, 0.6) is 0 Å². The summed E-state index contributed by atoms with van der Waals surface area (Å²) >= 11 is 5.96. The van der Waals surface area contributed by atoms with Gasteiger partial charge in [-0.25, -0.2) is 4.98 Å². The van der Waals surface area contributed by atoms with Crippen molar-refractivity contribution < 1.29 is 4.79 Å². The monoisotopic (exact) mass is 272 g/mol. The lowest BCUT2D eigenvalue weighted by Gasteiger charge is -2.07. The molecule has 19 heavy (non-hydrogen) atoms. The molecule has 1 heterocycles. The van der Waals surface area contributed by atoms with Gasteiger partial charge in [0.2, 0.25) is 0 Å². The lowest BCUT2D eigenvalue weighted by atomic mass is 10.2. The van der Waals surface area contributed by atoms with Crippen molar-refractivity contribution in [2.45, 2.75) is 0 Å². The molecule has 0 fully saturated rings. The number of carbonyl (C=O) groups excluding carboxylic acids is 1. The Kier molecular flexibility index (Phi) is 3.64. The maximum Gasteiger partial charge on any atom is 0.257 e. The molecule has 1 aromatic heterocycles. The first kappa shape index (κ1) is 12.9. The molecule has 0 saturated carbocycles. The van der Waals surface area contributed by atoms with Crippen LogP contribution in [0.25, 0.3) is 0 Å². The first-order valence-corrected chi connectivity index (χ1v) is 5.70. The van der Waals surface area contributed by atoms with Gasteiger partial charge in [-0.05, 0) is 30.3 Å². The Morgan fingerprint density at radius 2 is 2.16 bits per heavy atom. The zero-order chi connectivity index (χ0) is 13.8. The highest BCUT2D eigenvalue weighted by Gasteiger charge is 2.09. The van der Waals surface area contributed by atoms with Gasteiger partial charge >= 0.3 is 0 Å². The van der Waals surface area contributed by atoms with Crippen molar-refractivity contribution in [1.29, 1.82) is 5.26 Å². The largest absolute Gasteiger partial charge is 0.399 e. The molecule has 0 saturated heterocycles. The van der Waals surface area contributed by atoms with Crippen LogP contribution in [0.1, 0.15) is 16.1 Å². The summed E-state index contributed by atoms with van der Waals surface area (Å²) in [7, 11) is 0. The quantitative estimate of drug-likeness (QED) is 0.821. The van der Waals surface area contributed by atoms with Crippen LogP contribution in [-0.4, -0.2) is 10.9 Å². The zero-order valence-electron chi connectivity index (χ0n) is 9.72. The van der Waals surface area contributed by atoms with E-state index in [0.29, 0.717) is 22.0 Å². The van der Waals surface area contributed by atoms with Crippen molar-refractivity contribution in [3.63, 3.8) is 0 Å². The second kappa shape index (κ2) is 5.38. The standard InChI is InChI=1S/C13H9ClN4O/c14-11-5-9(16)2-4-12(11)18-13(19)8-1-3-10(6-15)17-7-8/h1-5,7H,16H2,(H,18,19). The van der Waals surface area contributed by atoms with Crippen LogP contribution in [0.3, 0.4) is 0 Å². The summed E-state index contributed by atoms with van der Waals surface area (Å²) in [5, 5.41) is 11.6. The van der Waals surface area contributed by atoms with E-state index in [2.05, 4.69) is 10.3 Å². The van der Waals surface area contributed by atoms with E-state index in [1.54, 1.807) is 18.2 Å². The van der Waals surface area contributed by atoms with Gasteiger partial charge in [0.15, 0.2) is 0 Å². The molecule has 0 bridgehead atoms. The topological polar surface area (TPSA) is 91.8 Å². The molecule has 94 valence electrons. The third kappa shape index (κ3) is 3.00. The van der Waals surface area contributed by atoms with Gasteiger partial charge in [0.25, 0.3) is 5.91 Å². The molecule has 2 aromatic rings. The summed E-state index contributed by atoms with van der Waals surface area (Å²) in [4.78, 5) is 15.7. The third-order valence-electron chi connectivity index (χ3n) is 2.38. The van der Waals surface area contributed by atoms with Crippen molar-refractivity contribution in [3.8, 4) is 6.07 Å². The van der Waals surface area contributed by atoms with Crippen molar-refractivity contribution in [3.05, 3.63) is 52.8 Å². The van der Waals surface area contributed by atoms with Crippen LogP contribution in [0.15, 0.2) is 36.5 Å². The molecule has 0 spiro atoms. The fourth-order valence-electron chi connectivity index (χ4n) is 1.42. The number of hydrogen-bond acceptors (Lipinski definition) is 4. The molecular weight excluding hydrogens is 264 g/mol. The van der Waals surface area contributed by atoms with Crippen LogP contribution in [0.4, 0.5) is 11.4 Å². The fourth-order valence-corrected chi connectivity index (χ4v) is 1.66. The van der Waals surface area contributed by atoms with Crippen molar-refractivity contribution in [2.24, 2.45) is 0 Å². The molecule has 3 N–H and O–H groups in total. The molecule has 0 atom stereocenters. The summed E-state index contributed by atoms with van der Waals surface area (Å²) in [6.07, 6.45) is 1.33. The number of nitrogen functional groups attached to an aromatic ring is 1. The summed E-state index contributed by atoms with van der Waals surface area (Å²) < 4.78 is 0. The van der Waals surface area contributed by atoms with E-state index in [4.69, 9.17) is 22.6 Å². The number of nitrogens with one attached hydrogen (secondary N) is 1. The number of amides is 1. The van der Waals surface area contributed by atoms with E-state index in [9.17, 15) is 4.79 Å². The number of rotatable bonds is 2. The average Bonchev–Trinajstić information content (AvgIpc) is 2.42. The fraction of sp³-hybridized carbons (Fsp3) is 0. The Morgan fingerprint density at radius 3 is 2.74 bits per heavy atom. The summed E-state index contributed by atoms with van der Waals surface area (Å²) in [6, 6.07) is 9.68. The van der Waals surface area contributed by atoms with Crippen molar-refractivity contribution in [1.82, 2.24) is 4.98 Å². The van der Waals surface area contributed by atoms with E-state index in [1.807, 2.05) is 6.07 Å². The minimum Gasteiger partial charge on any atom is -0.399 e. The maximum absolute atomic E-state index is 11.9. The highest BCUT2D eigenvalue weighted by Crippen LogP contribution is 2.24. The predicted octanol–water partition coefficient (Wildman–Crippen LogP) is 2.44. The Morgan fingerprint density at radius 1 is 1.37 bits per heavy atom. The van der Waals surface area contributed by atoms with Crippen LogP contribution in [0, 0.1) is 11.3 Å².